The second-order valence-corrected chi connectivity index (χ2v) is 7.09. The lowest BCUT2D eigenvalue weighted by atomic mass is 9.75. The third-order valence-electron chi connectivity index (χ3n) is 5.06. The molecule has 2 rings (SSSR count). The van der Waals surface area contributed by atoms with E-state index in [1.807, 2.05) is 0 Å². The van der Waals surface area contributed by atoms with Gasteiger partial charge >= 0.3 is 17.8 Å². The Hall–Kier alpha value is -4.12. The summed E-state index contributed by atoms with van der Waals surface area (Å²) in [5, 5.41) is 15.7. The summed E-state index contributed by atoms with van der Waals surface area (Å²) in [6, 6.07) is 3.79. The summed E-state index contributed by atoms with van der Waals surface area (Å²) in [6.07, 6.45) is -0.748. The Morgan fingerprint density at radius 1 is 1.28 bits per heavy atom. The molecule has 0 bridgehead atoms. The van der Waals surface area contributed by atoms with Gasteiger partial charge in [-0.25, -0.2) is 9.59 Å². The van der Waals surface area contributed by atoms with Gasteiger partial charge in [0.05, 0.1) is 24.0 Å². The number of rotatable bonds is 9. The number of hydrogen-bond acceptors (Lipinski definition) is 8. The van der Waals surface area contributed by atoms with Crippen LogP contribution in [0.15, 0.2) is 24.3 Å². The molecule has 1 fully saturated rings. The van der Waals surface area contributed by atoms with E-state index >= 15 is 0 Å². The van der Waals surface area contributed by atoms with Gasteiger partial charge in [-0.1, -0.05) is 6.92 Å². The Bertz CT molecular complexity index is 986. The SMILES string of the molecule is COC(=O)NC(C)[C@H]1C(=O)N[C@@H]1C(C)C(=O)C(=[N+]=[N-])C(=O)OCc1ccc([N+](=O)[O-])cc1. The molecule has 13 heteroatoms. The van der Waals surface area contributed by atoms with Gasteiger partial charge in [0.25, 0.3) is 11.5 Å². The topological polar surface area (TPSA) is 190 Å². The normalized spacial score (nSPS) is 18.7. The van der Waals surface area contributed by atoms with Gasteiger partial charge in [0.2, 0.25) is 5.91 Å². The third kappa shape index (κ3) is 5.32. The molecule has 0 radical (unpaired) electrons. The molecule has 0 aliphatic carbocycles. The van der Waals surface area contributed by atoms with Crippen LogP contribution in [0.25, 0.3) is 5.53 Å². The molecular weight excluding hydrogens is 426 g/mol. The number of nitrogens with zero attached hydrogens (tertiary/aromatic N) is 3. The highest BCUT2D eigenvalue weighted by Gasteiger charge is 2.50. The van der Waals surface area contributed by atoms with Crippen molar-refractivity contribution in [1.82, 2.24) is 10.6 Å². The molecule has 0 saturated carbocycles. The summed E-state index contributed by atoms with van der Waals surface area (Å²) in [6.45, 7) is 2.67. The molecule has 2 amide bonds. The smallest absolute Gasteiger partial charge is 0.441 e. The van der Waals surface area contributed by atoms with E-state index in [0.717, 1.165) is 0 Å². The molecule has 1 aromatic carbocycles. The maximum absolute atomic E-state index is 12.7. The number of nitro benzene ring substituents is 1. The maximum Gasteiger partial charge on any atom is 0.441 e. The van der Waals surface area contributed by atoms with E-state index in [-0.39, 0.29) is 12.3 Å². The molecule has 1 aromatic rings. The number of non-ortho nitro benzene ring substituents is 1. The van der Waals surface area contributed by atoms with Crippen molar-refractivity contribution < 1.29 is 38.4 Å². The number of hydrogen-bond donors (Lipinski definition) is 2. The first-order valence-electron chi connectivity index (χ1n) is 9.42. The van der Waals surface area contributed by atoms with Crippen LogP contribution in [-0.2, 0) is 30.5 Å². The number of amides is 2. The molecule has 1 saturated heterocycles. The lowest BCUT2D eigenvalue weighted by molar-refractivity contribution is -0.384. The highest BCUT2D eigenvalue weighted by Crippen LogP contribution is 2.26. The van der Waals surface area contributed by atoms with Gasteiger partial charge in [-0.2, -0.15) is 4.79 Å². The monoisotopic (exact) mass is 447 g/mol. The second-order valence-electron chi connectivity index (χ2n) is 7.09. The Balaban J connectivity index is 2.02. The average molecular weight is 447 g/mol. The van der Waals surface area contributed by atoms with Gasteiger partial charge in [0.15, 0.2) is 0 Å². The quantitative estimate of drug-likeness (QED) is 0.0793. The predicted molar refractivity (Wildman–Crippen MR) is 106 cm³/mol. The minimum Gasteiger partial charge on any atom is -0.453 e. The fourth-order valence-corrected chi connectivity index (χ4v) is 3.23. The number of benzene rings is 1. The molecular formula is C19H21N5O8. The summed E-state index contributed by atoms with van der Waals surface area (Å²) in [4.78, 5) is 61.1. The van der Waals surface area contributed by atoms with Crippen LogP contribution in [0.1, 0.15) is 19.4 Å². The minimum absolute atomic E-state index is 0.144. The van der Waals surface area contributed by atoms with Gasteiger partial charge in [0.1, 0.15) is 6.61 Å². The number of alkyl carbamates (subject to hydrolysis) is 1. The first-order valence-corrected chi connectivity index (χ1v) is 9.42. The van der Waals surface area contributed by atoms with E-state index in [9.17, 15) is 34.8 Å². The van der Waals surface area contributed by atoms with E-state index < -0.39 is 58.3 Å². The van der Waals surface area contributed by atoms with Crippen molar-refractivity contribution in [3.8, 4) is 0 Å². The summed E-state index contributed by atoms with van der Waals surface area (Å²) in [5.41, 5.74) is 8.59. The summed E-state index contributed by atoms with van der Waals surface area (Å²) in [5.74, 6) is -4.23. The number of ether oxygens (including phenoxy) is 2. The average Bonchev–Trinajstić information content (AvgIpc) is 2.75. The molecule has 2 N–H and O–H groups in total. The van der Waals surface area contributed by atoms with Crippen LogP contribution in [-0.4, -0.2) is 58.4 Å². The highest BCUT2D eigenvalue weighted by molar-refractivity contribution is 6.62. The van der Waals surface area contributed by atoms with E-state index in [1.54, 1.807) is 6.92 Å². The Kier molecular flexibility index (Phi) is 7.75. The maximum atomic E-state index is 12.7. The van der Waals surface area contributed by atoms with Crippen molar-refractivity contribution in [2.24, 2.45) is 11.8 Å². The van der Waals surface area contributed by atoms with Crippen LogP contribution < -0.4 is 10.6 Å². The van der Waals surface area contributed by atoms with Gasteiger partial charge in [-0.15, -0.1) is 0 Å². The van der Waals surface area contributed by atoms with E-state index in [0.29, 0.717) is 5.56 Å². The number of nitrogens with one attached hydrogen (secondary N) is 2. The number of carbonyl (C=O) groups is 4. The summed E-state index contributed by atoms with van der Waals surface area (Å²) < 4.78 is 9.46. The number of ketones is 1. The van der Waals surface area contributed by atoms with E-state index in [4.69, 9.17) is 4.74 Å². The molecule has 1 aliphatic heterocycles. The second kappa shape index (κ2) is 10.3. The van der Waals surface area contributed by atoms with Crippen LogP contribution in [0.2, 0.25) is 0 Å². The highest BCUT2D eigenvalue weighted by atomic mass is 16.6. The van der Waals surface area contributed by atoms with Gasteiger partial charge in [-0.05, 0) is 24.6 Å². The summed E-state index contributed by atoms with van der Waals surface area (Å²) in [7, 11) is 1.17. The van der Waals surface area contributed by atoms with Crippen molar-refractivity contribution in [3.63, 3.8) is 0 Å². The lowest BCUT2D eigenvalue weighted by Gasteiger charge is -2.42. The Labute approximate surface area is 181 Å². The molecule has 0 spiro atoms. The molecule has 0 aromatic heterocycles. The van der Waals surface area contributed by atoms with Crippen LogP contribution in [0.4, 0.5) is 10.5 Å². The molecule has 4 atom stereocenters. The lowest BCUT2D eigenvalue weighted by Crippen LogP contribution is -2.68. The standard InChI is InChI=1S/C19H21N5O8/c1-9(14-13(17(26)22-14)10(2)21-19(28)31-3)16(25)15(23-20)18(27)32-8-11-4-6-12(7-5-11)24(29)30/h4-7,9-10,13-14H,8H2,1-3H3,(H,21,28)(H,22,26)/t9?,10?,13-,14-/m1/s1. The van der Waals surface area contributed by atoms with Crippen molar-refractivity contribution in [3.05, 3.63) is 45.5 Å². The third-order valence-corrected chi connectivity index (χ3v) is 5.06. The number of β-lactam (4-membered cyclic amide) rings is 1. The first kappa shape index (κ1) is 24.2. The first-order chi connectivity index (χ1) is 15.1. The van der Waals surface area contributed by atoms with Gasteiger partial charge in [-0.3, -0.25) is 19.7 Å². The van der Waals surface area contributed by atoms with Crippen LogP contribution in [0, 0.1) is 22.0 Å². The van der Waals surface area contributed by atoms with Gasteiger partial charge < -0.3 is 25.6 Å². The van der Waals surface area contributed by atoms with Crippen molar-refractivity contribution in [1.29, 1.82) is 0 Å². The molecule has 1 heterocycles. The fourth-order valence-electron chi connectivity index (χ4n) is 3.23. The largest absolute Gasteiger partial charge is 0.453 e. The van der Waals surface area contributed by atoms with Crippen molar-refractivity contribution >= 4 is 35.2 Å². The van der Waals surface area contributed by atoms with Crippen LogP contribution >= 0.6 is 0 Å². The van der Waals surface area contributed by atoms with Crippen molar-refractivity contribution in [2.75, 3.05) is 7.11 Å². The number of nitro groups is 1. The number of esters is 1. The molecule has 13 nitrogen and oxygen atoms in total. The number of carbonyl (C=O) groups excluding carboxylic acids is 4. The van der Waals surface area contributed by atoms with Gasteiger partial charge in [0, 0.05) is 24.1 Å². The van der Waals surface area contributed by atoms with E-state index in [1.165, 1.54) is 38.3 Å². The summed E-state index contributed by atoms with van der Waals surface area (Å²) >= 11 is 0. The fraction of sp³-hybridized carbons (Fsp3) is 0.421. The minimum atomic E-state index is -1.20. The Morgan fingerprint density at radius 3 is 2.41 bits per heavy atom. The molecule has 170 valence electrons. The number of methoxy groups -OCH3 is 1. The molecule has 32 heavy (non-hydrogen) atoms. The molecule has 2 unspecified atom stereocenters. The molecule has 1 aliphatic rings. The van der Waals surface area contributed by atoms with Crippen molar-refractivity contribution in [2.45, 2.75) is 32.5 Å². The van der Waals surface area contributed by atoms with Crippen LogP contribution in [0.5, 0.6) is 0 Å². The predicted octanol–water partition coefficient (Wildman–Crippen LogP) is 0.373. The van der Waals surface area contributed by atoms with Crippen LogP contribution in [0.3, 0.4) is 0 Å². The zero-order chi connectivity index (χ0) is 24.0. The Morgan fingerprint density at radius 2 is 1.91 bits per heavy atom. The zero-order valence-corrected chi connectivity index (χ0v) is 17.4. The zero-order valence-electron chi connectivity index (χ0n) is 17.4. The van der Waals surface area contributed by atoms with E-state index in [2.05, 4.69) is 20.2 Å². The number of Topliss-reactive ketones (excluding diaryl/α,β-unsaturated/α-hetero) is 1.